The molecule has 4 heteroatoms. The van der Waals surface area contributed by atoms with Crippen molar-refractivity contribution in [3.05, 3.63) is 28.2 Å². The zero-order valence-corrected chi connectivity index (χ0v) is 11.8. The molecule has 0 saturated heterocycles. The summed E-state index contributed by atoms with van der Waals surface area (Å²) >= 11 is 3.44. The van der Waals surface area contributed by atoms with E-state index in [1.54, 1.807) is 6.07 Å². The Morgan fingerprint density at radius 3 is 2.82 bits per heavy atom. The first-order valence-corrected chi connectivity index (χ1v) is 6.48. The molecule has 1 aromatic carbocycles. The van der Waals surface area contributed by atoms with Crippen LogP contribution in [0.2, 0.25) is 0 Å². The third kappa shape index (κ3) is 5.20. The topological polar surface area (TPSA) is 45.0 Å². The molecule has 3 nitrogen and oxygen atoms in total. The number of benzene rings is 1. The maximum Gasteiger partial charge on any atom is 0.0992 e. The van der Waals surface area contributed by atoms with Gasteiger partial charge in [0.2, 0.25) is 0 Å². The van der Waals surface area contributed by atoms with E-state index < -0.39 is 0 Å². The fraction of sp³-hybridized carbons (Fsp3) is 0.462. The standard InChI is InChI=1S/C13H17BrN2O/c1-10(2)17-7-3-6-16-13-5-4-11(9-15)8-12(13)14/h4-5,8,10,16H,3,6-7H2,1-2H3. The molecule has 92 valence electrons. The van der Waals surface area contributed by atoms with E-state index in [-0.39, 0.29) is 6.10 Å². The molecule has 0 aliphatic carbocycles. The van der Waals surface area contributed by atoms with Crippen molar-refractivity contribution in [3.8, 4) is 6.07 Å². The van der Waals surface area contributed by atoms with Crippen molar-refractivity contribution < 1.29 is 4.74 Å². The lowest BCUT2D eigenvalue weighted by atomic mass is 10.2. The summed E-state index contributed by atoms with van der Waals surface area (Å²) in [7, 11) is 0. The number of hydrogen-bond acceptors (Lipinski definition) is 3. The van der Waals surface area contributed by atoms with Crippen LogP contribution in [0.1, 0.15) is 25.8 Å². The predicted molar refractivity (Wildman–Crippen MR) is 73.1 cm³/mol. The number of hydrogen-bond donors (Lipinski definition) is 1. The van der Waals surface area contributed by atoms with Gasteiger partial charge in [-0.1, -0.05) is 0 Å². The molecule has 17 heavy (non-hydrogen) atoms. The molecule has 0 bridgehead atoms. The second-order valence-corrected chi connectivity index (χ2v) is 4.86. The largest absolute Gasteiger partial charge is 0.384 e. The van der Waals surface area contributed by atoms with E-state index in [4.69, 9.17) is 10.00 Å². The summed E-state index contributed by atoms with van der Waals surface area (Å²) < 4.78 is 6.37. The molecule has 0 aromatic heterocycles. The summed E-state index contributed by atoms with van der Waals surface area (Å²) in [5, 5.41) is 12.0. The fourth-order valence-corrected chi connectivity index (χ4v) is 1.86. The van der Waals surface area contributed by atoms with Crippen LogP contribution in [-0.4, -0.2) is 19.3 Å². The van der Waals surface area contributed by atoms with Gasteiger partial charge < -0.3 is 10.1 Å². The Morgan fingerprint density at radius 1 is 1.47 bits per heavy atom. The zero-order chi connectivity index (χ0) is 12.7. The van der Waals surface area contributed by atoms with Crippen LogP contribution in [0.25, 0.3) is 0 Å². The average Bonchev–Trinajstić information content (AvgIpc) is 2.30. The molecule has 0 spiro atoms. The Hall–Kier alpha value is -1.05. The van der Waals surface area contributed by atoms with Crippen molar-refractivity contribution >= 4 is 21.6 Å². The second-order valence-electron chi connectivity index (χ2n) is 4.01. The minimum Gasteiger partial charge on any atom is -0.384 e. The van der Waals surface area contributed by atoms with Crippen LogP contribution in [0, 0.1) is 11.3 Å². The summed E-state index contributed by atoms with van der Waals surface area (Å²) in [6.07, 6.45) is 1.25. The third-order valence-electron chi connectivity index (χ3n) is 2.19. The van der Waals surface area contributed by atoms with Crippen LogP contribution in [-0.2, 0) is 4.74 Å². The Bertz CT molecular complexity index is 399. The van der Waals surface area contributed by atoms with Gasteiger partial charge >= 0.3 is 0 Å². The Labute approximate surface area is 111 Å². The monoisotopic (exact) mass is 296 g/mol. The van der Waals surface area contributed by atoms with Crippen molar-refractivity contribution in [2.24, 2.45) is 0 Å². The first kappa shape index (κ1) is 14.0. The fourth-order valence-electron chi connectivity index (χ4n) is 1.34. The SMILES string of the molecule is CC(C)OCCCNc1ccc(C#N)cc1Br. The molecule has 1 N–H and O–H groups in total. The average molecular weight is 297 g/mol. The smallest absolute Gasteiger partial charge is 0.0992 e. The normalized spacial score (nSPS) is 10.3. The second kappa shape index (κ2) is 7.31. The van der Waals surface area contributed by atoms with Crippen LogP contribution in [0.4, 0.5) is 5.69 Å². The number of anilines is 1. The van der Waals surface area contributed by atoms with Gasteiger partial charge in [-0.25, -0.2) is 0 Å². The van der Waals surface area contributed by atoms with Crippen molar-refractivity contribution in [1.29, 1.82) is 5.26 Å². The van der Waals surface area contributed by atoms with Crippen molar-refractivity contribution in [3.63, 3.8) is 0 Å². The van der Waals surface area contributed by atoms with Gasteiger partial charge in [-0.2, -0.15) is 5.26 Å². The molecular formula is C13H17BrN2O. The molecule has 1 rings (SSSR count). The highest BCUT2D eigenvalue weighted by Gasteiger charge is 2.00. The van der Waals surface area contributed by atoms with Crippen LogP contribution < -0.4 is 5.32 Å². The number of nitrogens with zero attached hydrogens (tertiary/aromatic N) is 1. The van der Waals surface area contributed by atoms with E-state index in [0.29, 0.717) is 5.56 Å². The molecule has 0 saturated carbocycles. The molecule has 0 aliphatic rings. The predicted octanol–water partition coefficient (Wildman–Crippen LogP) is 3.55. The molecule has 0 amide bonds. The first-order chi connectivity index (χ1) is 8.13. The van der Waals surface area contributed by atoms with Crippen LogP contribution in [0.3, 0.4) is 0 Å². The lowest BCUT2D eigenvalue weighted by molar-refractivity contribution is 0.0787. The maximum atomic E-state index is 8.74. The number of nitrogens with one attached hydrogen (secondary N) is 1. The van der Waals surface area contributed by atoms with Gasteiger partial charge in [0.1, 0.15) is 0 Å². The first-order valence-electron chi connectivity index (χ1n) is 5.68. The van der Waals surface area contributed by atoms with Crippen molar-refractivity contribution in [1.82, 2.24) is 0 Å². The minimum atomic E-state index is 0.289. The van der Waals surface area contributed by atoms with E-state index in [0.717, 1.165) is 29.7 Å². The summed E-state index contributed by atoms with van der Waals surface area (Å²) in [5.74, 6) is 0. The van der Waals surface area contributed by atoms with Gasteiger partial charge in [0.05, 0.1) is 17.7 Å². The highest BCUT2D eigenvalue weighted by atomic mass is 79.9. The van der Waals surface area contributed by atoms with Gasteiger partial charge in [0.25, 0.3) is 0 Å². The third-order valence-corrected chi connectivity index (χ3v) is 2.84. The quantitative estimate of drug-likeness (QED) is 0.817. The van der Waals surface area contributed by atoms with Gasteiger partial charge in [-0.05, 0) is 54.4 Å². The molecule has 1 aromatic rings. The molecule has 0 aliphatic heterocycles. The number of rotatable bonds is 6. The van der Waals surface area contributed by atoms with Crippen molar-refractivity contribution in [2.75, 3.05) is 18.5 Å². The Morgan fingerprint density at radius 2 is 2.24 bits per heavy atom. The highest BCUT2D eigenvalue weighted by Crippen LogP contribution is 2.23. The van der Waals surface area contributed by atoms with Crippen LogP contribution >= 0.6 is 15.9 Å². The number of ether oxygens (including phenoxy) is 1. The van der Waals surface area contributed by atoms with E-state index >= 15 is 0 Å². The van der Waals surface area contributed by atoms with E-state index in [1.807, 2.05) is 26.0 Å². The number of nitriles is 1. The molecule has 0 fully saturated rings. The van der Waals surface area contributed by atoms with Crippen LogP contribution in [0.5, 0.6) is 0 Å². The number of halogens is 1. The molecule has 0 atom stereocenters. The van der Waals surface area contributed by atoms with Gasteiger partial charge in [0, 0.05) is 23.3 Å². The molecule has 0 heterocycles. The summed E-state index contributed by atoms with van der Waals surface area (Å²) in [5.41, 5.74) is 1.67. The molecular weight excluding hydrogens is 280 g/mol. The lowest BCUT2D eigenvalue weighted by Crippen LogP contribution is -2.09. The van der Waals surface area contributed by atoms with Gasteiger partial charge in [0.15, 0.2) is 0 Å². The minimum absolute atomic E-state index is 0.289. The maximum absolute atomic E-state index is 8.74. The van der Waals surface area contributed by atoms with E-state index in [9.17, 15) is 0 Å². The molecule has 0 unspecified atom stereocenters. The summed E-state index contributed by atoms with van der Waals surface area (Å²) in [4.78, 5) is 0. The Kier molecular flexibility index (Phi) is 6.03. The van der Waals surface area contributed by atoms with E-state index in [2.05, 4.69) is 27.3 Å². The van der Waals surface area contributed by atoms with Gasteiger partial charge in [-0.3, -0.25) is 0 Å². The lowest BCUT2D eigenvalue weighted by Gasteiger charge is -2.10. The summed E-state index contributed by atoms with van der Waals surface area (Å²) in [6.45, 7) is 5.69. The zero-order valence-electron chi connectivity index (χ0n) is 10.2. The van der Waals surface area contributed by atoms with E-state index in [1.165, 1.54) is 0 Å². The van der Waals surface area contributed by atoms with Crippen molar-refractivity contribution in [2.45, 2.75) is 26.4 Å². The Balaban J connectivity index is 2.35. The van der Waals surface area contributed by atoms with Crippen LogP contribution in [0.15, 0.2) is 22.7 Å². The highest BCUT2D eigenvalue weighted by molar-refractivity contribution is 9.10. The molecule has 0 radical (unpaired) electrons. The summed E-state index contributed by atoms with van der Waals surface area (Å²) in [6, 6.07) is 7.63. The van der Waals surface area contributed by atoms with Gasteiger partial charge in [-0.15, -0.1) is 0 Å².